The first-order valence-electron chi connectivity index (χ1n) is 9.28. The Hall–Kier alpha value is -1.88. The summed E-state index contributed by atoms with van der Waals surface area (Å²) in [5, 5.41) is 0. The van der Waals surface area contributed by atoms with Gasteiger partial charge in [-0.15, -0.1) is 0 Å². The van der Waals surface area contributed by atoms with Crippen molar-refractivity contribution in [2.45, 2.75) is 52.4 Å². The van der Waals surface area contributed by atoms with E-state index in [1.807, 2.05) is 25.1 Å². The highest BCUT2D eigenvalue weighted by atomic mass is 32.2. The summed E-state index contributed by atoms with van der Waals surface area (Å²) in [6.07, 6.45) is 6.24. The van der Waals surface area contributed by atoms with Crippen LogP contribution in [0.1, 0.15) is 51.0 Å². The van der Waals surface area contributed by atoms with Crippen LogP contribution in [0.15, 0.2) is 42.5 Å². The smallest absolute Gasteiger partial charge is 0.232 e. The van der Waals surface area contributed by atoms with Crippen LogP contribution in [-0.2, 0) is 10.0 Å². The molecule has 1 N–H and O–H groups in total. The van der Waals surface area contributed by atoms with Gasteiger partial charge in [-0.25, -0.2) is 12.8 Å². The molecule has 3 nitrogen and oxygen atoms in total. The molecule has 0 radical (unpaired) electrons. The largest absolute Gasteiger partial charge is 0.283 e. The van der Waals surface area contributed by atoms with Crippen molar-refractivity contribution < 1.29 is 12.8 Å². The van der Waals surface area contributed by atoms with Crippen LogP contribution in [-0.4, -0.2) is 14.2 Å². The van der Waals surface area contributed by atoms with E-state index in [1.165, 1.54) is 31.4 Å². The highest BCUT2D eigenvalue weighted by Gasteiger charge is 2.12. The highest BCUT2D eigenvalue weighted by molar-refractivity contribution is 7.92. The number of anilines is 1. The third-order valence-electron chi connectivity index (χ3n) is 4.43. The molecule has 142 valence electrons. The van der Waals surface area contributed by atoms with Crippen molar-refractivity contribution in [1.29, 1.82) is 0 Å². The van der Waals surface area contributed by atoms with Crippen molar-refractivity contribution in [2.24, 2.45) is 0 Å². The molecule has 0 amide bonds. The molecule has 0 fully saturated rings. The summed E-state index contributed by atoms with van der Waals surface area (Å²) < 4.78 is 40.9. The SMILES string of the molecule is CCCCCCCCS(=O)(=O)Nc1cc(-c2cccc(F)c2)ccc1C. The van der Waals surface area contributed by atoms with Gasteiger partial charge in [0.25, 0.3) is 0 Å². The van der Waals surface area contributed by atoms with Gasteiger partial charge in [0.1, 0.15) is 5.82 Å². The third-order valence-corrected chi connectivity index (χ3v) is 5.78. The Kier molecular flexibility index (Phi) is 7.64. The van der Waals surface area contributed by atoms with Crippen LogP contribution in [0.5, 0.6) is 0 Å². The summed E-state index contributed by atoms with van der Waals surface area (Å²) in [7, 11) is -3.38. The Bertz CT molecular complexity index is 819. The number of nitrogens with one attached hydrogen (secondary N) is 1. The van der Waals surface area contributed by atoms with Gasteiger partial charge in [0.05, 0.1) is 11.4 Å². The summed E-state index contributed by atoms with van der Waals surface area (Å²) in [6, 6.07) is 11.8. The van der Waals surface area contributed by atoms with Gasteiger partial charge in [0, 0.05) is 0 Å². The lowest BCUT2D eigenvalue weighted by Gasteiger charge is -2.12. The molecule has 0 aliphatic carbocycles. The van der Waals surface area contributed by atoms with Crippen molar-refractivity contribution in [3.63, 3.8) is 0 Å². The molecule has 5 heteroatoms. The monoisotopic (exact) mass is 377 g/mol. The van der Waals surface area contributed by atoms with E-state index >= 15 is 0 Å². The number of hydrogen-bond acceptors (Lipinski definition) is 2. The van der Waals surface area contributed by atoms with Gasteiger partial charge in [-0.1, -0.05) is 63.3 Å². The van der Waals surface area contributed by atoms with E-state index in [1.54, 1.807) is 12.1 Å². The molecule has 0 aliphatic heterocycles. The molecule has 0 saturated carbocycles. The summed E-state index contributed by atoms with van der Waals surface area (Å²) in [4.78, 5) is 0. The zero-order valence-electron chi connectivity index (χ0n) is 15.6. The lowest BCUT2D eigenvalue weighted by atomic mass is 10.0. The van der Waals surface area contributed by atoms with E-state index in [0.29, 0.717) is 12.1 Å². The lowest BCUT2D eigenvalue weighted by Crippen LogP contribution is -2.17. The number of aryl methyl sites for hydroxylation is 1. The van der Waals surface area contributed by atoms with Gasteiger partial charge in [-0.2, -0.15) is 0 Å². The van der Waals surface area contributed by atoms with Crippen molar-refractivity contribution in [1.82, 2.24) is 0 Å². The highest BCUT2D eigenvalue weighted by Crippen LogP contribution is 2.26. The lowest BCUT2D eigenvalue weighted by molar-refractivity contribution is 0.588. The predicted octanol–water partition coefficient (Wildman–Crippen LogP) is 5.90. The molecule has 0 aliphatic rings. The van der Waals surface area contributed by atoms with Gasteiger partial charge < -0.3 is 0 Å². The molecule has 0 spiro atoms. The molecule has 2 rings (SSSR count). The first-order chi connectivity index (χ1) is 12.4. The molecule has 0 heterocycles. The van der Waals surface area contributed by atoms with E-state index in [4.69, 9.17) is 0 Å². The number of halogens is 1. The van der Waals surface area contributed by atoms with Gasteiger partial charge in [-0.05, 0) is 48.2 Å². The molecule has 2 aromatic carbocycles. The molecular weight excluding hydrogens is 349 g/mol. The quantitative estimate of drug-likeness (QED) is 0.524. The molecule has 2 aromatic rings. The molecule has 0 saturated heterocycles. The second-order valence-electron chi connectivity index (χ2n) is 6.73. The zero-order valence-corrected chi connectivity index (χ0v) is 16.4. The Morgan fingerprint density at radius 2 is 1.62 bits per heavy atom. The summed E-state index contributed by atoms with van der Waals surface area (Å²) in [5.74, 6) is -0.184. The fourth-order valence-electron chi connectivity index (χ4n) is 2.87. The molecule has 0 unspecified atom stereocenters. The van der Waals surface area contributed by atoms with E-state index in [2.05, 4.69) is 11.6 Å². The fraction of sp³-hybridized carbons (Fsp3) is 0.429. The average Bonchev–Trinajstić information content (AvgIpc) is 2.60. The predicted molar refractivity (Wildman–Crippen MR) is 107 cm³/mol. The zero-order chi connectivity index (χ0) is 19.0. The van der Waals surface area contributed by atoms with Crippen LogP contribution in [0.25, 0.3) is 11.1 Å². The average molecular weight is 378 g/mol. The number of sulfonamides is 1. The van der Waals surface area contributed by atoms with E-state index < -0.39 is 10.0 Å². The number of rotatable bonds is 10. The molecular formula is C21H28FNO2S. The first kappa shape index (κ1) is 20.4. The van der Waals surface area contributed by atoms with Crippen LogP contribution < -0.4 is 4.72 Å². The standard InChI is InChI=1S/C21H28FNO2S/c1-3-4-5-6-7-8-14-26(24,25)23-21-16-19(13-12-17(21)2)18-10-9-11-20(22)15-18/h9-13,15-16,23H,3-8,14H2,1-2H3. The minimum atomic E-state index is -3.38. The Balaban J connectivity index is 2.02. The van der Waals surface area contributed by atoms with Crippen molar-refractivity contribution >= 4 is 15.7 Å². The first-order valence-corrected chi connectivity index (χ1v) is 10.9. The van der Waals surface area contributed by atoms with Gasteiger partial charge in [0.2, 0.25) is 10.0 Å². The van der Waals surface area contributed by atoms with Crippen LogP contribution in [0.4, 0.5) is 10.1 Å². The van der Waals surface area contributed by atoms with Crippen LogP contribution in [0.2, 0.25) is 0 Å². The number of benzene rings is 2. The normalized spacial score (nSPS) is 11.5. The van der Waals surface area contributed by atoms with Crippen molar-refractivity contribution in [3.05, 3.63) is 53.8 Å². The Labute approximate surface area is 156 Å². The molecule has 0 bridgehead atoms. The Morgan fingerprint density at radius 3 is 2.35 bits per heavy atom. The second kappa shape index (κ2) is 9.72. The minimum absolute atomic E-state index is 0.128. The van der Waals surface area contributed by atoms with Crippen molar-refractivity contribution in [3.8, 4) is 11.1 Å². The topological polar surface area (TPSA) is 46.2 Å². The van der Waals surface area contributed by atoms with E-state index in [9.17, 15) is 12.8 Å². The van der Waals surface area contributed by atoms with Crippen LogP contribution in [0.3, 0.4) is 0 Å². The second-order valence-corrected chi connectivity index (χ2v) is 8.57. The van der Waals surface area contributed by atoms with Crippen LogP contribution in [0, 0.1) is 12.7 Å². The summed E-state index contributed by atoms with van der Waals surface area (Å²) >= 11 is 0. The number of unbranched alkanes of at least 4 members (excludes halogenated alkanes) is 5. The van der Waals surface area contributed by atoms with Crippen LogP contribution >= 0.6 is 0 Å². The minimum Gasteiger partial charge on any atom is -0.283 e. The molecule has 0 atom stereocenters. The van der Waals surface area contributed by atoms with Gasteiger partial charge in [0.15, 0.2) is 0 Å². The van der Waals surface area contributed by atoms with Crippen molar-refractivity contribution in [2.75, 3.05) is 10.5 Å². The maximum Gasteiger partial charge on any atom is 0.232 e. The number of hydrogen-bond donors (Lipinski definition) is 1. The fourth-order valence-corrected chi connectivity index (χ4v) is 4.11. The van der Waals surface area contributed by atoms with Gasteiger partial charge >= 0.3 is 0 Å². The van der Waals surface area contributed by atoms with E-state index in [0.717, 1.165) is 29.5 Å². The van der Waals surface area contributed by atoms with E-state index in [-0.39, 0.29) is 11.6 Å². The maximum atomic E-state index is 13.4. The van der Waals surface area contributed by atoms with Gasteiger partial charge in [-0.3, -0.25) is 4.72 Å². The maximum absolute atomic E-state index is 13.4. The summed E-state index contributed by atoms with van der Waals surface area (Å²) in [5.41, 5.74) is 2.91. The molecule has 0 aromatic heterocycles. The summed E-state index contributed by atoms with van der Waals surface area (Å²) in [6.45, 7) is 4.02. The molecule has 26 heavy (non-hydrogen) atoms. The third kappa shape index (κ3) is 6.45. The Morgan fingerprint density at radius 1 is 0.923 bits per heavy atom.